The molecular formula is C21H32N6. The van der Waals surface area contributed by atoms with Crippen LogP contribution in [0.2, 0.25) is 0 Å². The molecule has 27 heavy (non-hydrogen) atoms. The van der Waals surface area contributed by atoms with Gasteiger partial charge in [0, 0.05) is 38.1 Å². The van der Waals surface area contributed by atoms with Crippen LogP contribution in [0.1, 0.15) is 37.8 Å². The predicted molar refractivity (Wildman–Crippen MR) is 111 cm³/mol. The van der Waals surface area contributed by atoms with Crippen molar-refractivity contribution < 1.29 is 0 Å². The molecule has 3 rings (SSSR count). The highest BCUT2D eigenvalue weighted by Gasteiger charge is 2.22. The topological polar surface area (TPSA) is 57.5 Å². The van der Waals surface area contributed by atoms with Gasteiger partial charge in [-0.2, -0.15) is 0 Å². The van der Waals surface area contributed by atoms with Crippen LogP contribution in [0.4, 0.5) is 0 Å². The first kappa shape index (κ1) is 19.4. The zero-order chi connectivity index (χ0) is 18.9. The van der Waals surface area contributed by atoms with Gasteiger partial charge in [0.1, 0.15) is 0 Å². The Bertz CT molecular complexity index is 709. The van der Waals surface area contributed by atoms with Crippen LogP contribution in [0, 0.1) is 0 Å². The molecule has 2 N–H and O–H groups in total. The summed E-state index contributed by atoms with van der Waals surface area (Å²) in [5.41, 5.74) is 2.49. The molecule has 0 aliphatic carbocycles. The average molecular weight is 369 g/mol. The van der Waals surface area contributed by atoms with Gasteiger partial charge >= 0.3 is 0 Å². The molecule has 0 saturated carbocycles. The maximum absolute atomic E-state index is 4.79. The Morgan fingerprint density at radius 2 is 2.15 bits per heavy atom. The Morgan fingerprint density at radius 1 is 1.26 bits per heavy atom. The number of likely N-dealkylation sites (tertiary alicyclic amines) is 1. The van der Waals surface area contributed by atoms with Crippen molar-refractivity contribution in [1.82, 2.24) is 25.1 Å². The van der Waals surface area contributed by atoms with Crippen molar-refractivity contribution in [3.63, 3.8) is 0 Å². The zero-order valence-corrected chi connectivity index (χ0v) is 16.6. The number of likely N-dealkylation sites (N-methyl/N-ethyl adjacent to an activating group) is 1. The lowest BCUT2D eigenvalue weighted by atomic mass is 10.1. The Labute approximate surface area is 162 Å². The van der Waals surface area contributed by atoms with Gasteiger partial charge in [-0.15, -0.1) is 0 Å². The van der Waals surface area contributed by atoms with Gasteiger partial charge < -0.3 is 15.2 Å². The van der Waals surface area contributed by atoms with Crippen molar-refractivity contribution in [1.29, 1.82) is 0 Å². The summed E-state index contributed by atoms with van der Waals surface area (Å²) in [6.45, 7) is 10.0. The van der Waals surface area contributed by atoms with Gasteiger partial charge in [-0.25, -0.2) is 9.98 Å². The zero-order valence-electron chi connectivity index (χ0n) is 16.6. The molecule has 1 aliphatic heterocycles. The van der Waals surface area contributed by atoms with Gasteiger partial charge in [0.05, 0.1) is 12.9 Å². The molecule has 0 radical (unpaired) electrons. The maximum atomic E-state index is 4.79. The molecular weight excluding hydrogens is 336 g/mol. The number of rotatable bonds is 8. The lowest BCUT2D eigenvalue weighted by Gasteiger charge is -2.24. The number of imidazole rings is 1. The van der Waals surface area contributed by atoms with E-state index in [2.05, 4.69) is 63.2 Å². The number of benzene rings is 1. The van der Waals surface area contributed by atoms with Crippen LogP contribution in [0.15, 0.2) is 48.0 Å². The molecule has 1 saturated heterocycles. The number of hydrogen-bond donors (Lipinski definition) is 2. The van der Waals surface area contributed by atoms with Crippen molar-refractivity contribution in [2.24, 2.45) is 4.99 Å². The fourth-order valence-corrected chi connectivity index (χ4v) is 3.69. The second-order valence-electron chi connectivity index (χ2n) is 7.06. The van der Waals surface area contributed by atoms with E-state index in [-0.39, 0.29) is 0 Å². The smallest absolute Gasteiger partial charge is 0.191 e. The largest absolute Gasteiger partial charge is 0.357 e. The summed E-state index contributed by atoms with van der Waals surface area (Å²) in [7, 11) is 0. The SMILES string of the molecule is CCNC(=NCc1cccc(Cn2ccnc2)c1)NCC1CCCN1CC. The monoisotopic (exact) mass is 368 g/mol. The highest BCUT2D eigenvalue weighted by Crippen LogP contribution is 2.15. The third-order valence-corrected chi connectivity index (χ3v) is 5.09. The Hall–Kier alpha value is -2.34. The van der Waals surface area contributed by atoms with Gasteiger partial charge in [-0.3, -0.25) is 4.90 Å². The van der Waals surface area contributed by atoms with Gasteiger partial charge in [-0.1, -0.05) is 31.2 Å². The molecule has 6 nitrogen and oxygen atoms in total. The first-order valence-corrected chi connectivity index (χ1v) is 10.1. The lowest BCUT2D eigenvalue weighted by Crippen LogP contribution is -2.44. The highest BCUT2D eigenvalue weighted by molar-refractivity contribution is 5.79. The molecule has 6 heteroatoms. The third kappa shape index (κ3) is 5.82. The quantitative estimate of drug-likeness (QED) is 0.555. The molecule has 2 aromatic rings. The minimum absolute atomic E-state index is 0.623. The predicted octanol–water partition coefficient (Wildman–Crippen LogP) is 2.47. The van der Waals surface area contributed by atoms with E-state index in [4.69, 9.17) is 4.99 Å². The summed E-state index contributed by atoms with van der Waals surface area (Å²) in [6, 6.07) is 9.24. The highest BCUT2D eigenvalue weighted by atomic mass is 15.2. The fourth-order valence-electron chi connectivity index (χ4n) is 3.69. The van der Waals surface area contributed by atoms with Crippen LogP contribution in [-0.4, -0.2) is 52.6 Å². The molecule has 146 valence electrons. The van der Waals surface area contributed by atoms with Gasteiger partial charge in [0.15, 0.2) is 5.96 Å². The standard InChI is InChI=1S/C21H32N6/c1-3-23-21(25-15-20-9-6-11-27(20)4-2)24-14-18-7-5-8-19(13-18)16-26-12-10-22-17-26/h5,7-8,10,12-13,17,20H,3-4,6,9,11,14-16H2,1-2H3,(H2,23,24,25). The molecule has 1 fully saturated rings. The number of nitrogens with zero attached hydrogens (tertiary/aromatic N) is 4. The Kier molecular flexibility index (Phi) is 7.27. The maximum Gasteiger partial charge on any atom is 0.191 e. The van der Waals surface area contributed by atoms with Crippen LogP contribution in [-0.2, 0) is 13.1 Å². The van der Waals surface area contributed by atoms with Crippen LogP contribution in [0.3, 0.4) is 0 Å². The van der Waals surface area contributed by atoms with Crippen LogP contribution in [0.25, 0.3) is 0 Å². The second-order valence-corrected chi connectivity index (χ2v) is 7.06. The van der Waals surface area contributed by atoms with E-state index in [1.165, 1.54) is 30.5 Å². The van der Waals surface area contributed by atoms with Gasteiger partial charge in [0.25, 0.3) is 0 Å². The van der Waals surface area contributed by atoms with Crippen molar-refractivity contribution in [3.8, 4) is 0 Å². The molecule has 1 aromatic carbocycles. The van der Waals surface area contributed by atoms with E-state index in [9.17, 15) is 0 Å². The molecule has 1 unspecified atom stereocenters. The van der Waals surface area contributed by atoms with Crippen LogP contribution in [0.5, 0.6) is 0 Å². The van der Waals surface area contributed by atoms with Crippen molar-refractivity contribution in [2.75, 3.05) is 26.2 Å². The Morgan fingerprint density at radius 3 is 2.93 bits per heavy atom. The molecule has 0 amide bonds. The van der Waals surface area contributed by atoms with Crippen molar-refractivity contribution >= 4 is 5.96 Å². The van der Waals surface area contributed by atoms with E-state index in [0.717, 1.165) is 32.1 Å². The second kappa shape index (κ2) is 10.1. The van der Waals surface area contributed by atoms with E-state index in [1.54, 1.807) is 0 Å². The Balaban J connectivity index is 1.57. The van der Waals surface area contributed by atoms with E-state index >= 15 is 0 Å². The summed E-state index contributed by atoms with van der Waals surface area (Å²) in [4.78, 5) is 11.4. The minimum atomic E-state index is 0.623. The van der Waals surface area contributed by atoms with Crippen molar-refractivity contribution in [3.05, 3.63) is 54.1 Å². The number of aromatic nitrogens is 2. The number of hydrogen-bond acceptors (Lipinski definition) is 3. The average Bonchev–Trinajstić information content (AvgIpc) is 3.36. The summed E-state index contributed by atoms with van der Waals surface area (Å²) in [5, 5.41) is 6.90. The molecule has 1 aromatic heterocycles. The van der Waals surface area contributed by atoms with Gasteiger partial charge in [0.2, 0.25) is 0 Å². The van der Waals surface area contributed by atoms with Crippen LogP contribution < -0.4 is 10.6 Å². The molecule has 2 heterocycles. The summed E-state index contributed by atoms with van der Waals surface area (Å²) in [5.74, 6) is 0.903. The molecule has 0 spiro atoms. The van der Waals surface area contributed by atoms with E-state index < -0.39 is 0 Å². The van der Waals surface area contributed by atoms with Crippen molar-refractivity contribution in [2.45, 2.75) is 45.8 Å². The summed E-state index contributed by atoms with van der Waals surface area (Å²) in [6.07, 6.45) is 8.22. The number of aliphatic imine (C=N–C) groups is 1. The molecule has 1 aliphatic rings. The normalized spacial score (nSPS) is 18.0. The number of nitrogens with one attached hydrogen (secondary N) is 2. The lowest BCUT2D eigenvalue weighted by molar-refractivity contribution is 0.267. The van der Waals surface area contributed by atoms with E-state index in [0.29, 0.717) is 12.6 Å². The first-order chi connectivity index (χ1) is 13.3. The molecule has 1 atom stereocenters. The van der Waals surface area contributed by atoms with Gasteiger partial charge in [-0.05, 0) is 44.0 Å². The summed E-state index contributed by atoms with van der Waals surface area (Å²) < 4.78 is 2.08. The fraction of sp³-hybridized carbons (Fsp3) is 0.524. The number of guanidine groups is 1. The third-order valence-electron chi connectivity index (χ3n) is 5.09. The molecule has 0 bridgehead atoms. The first-order valence-electron chi connectivity index (χ1n) is 10.1. The minimum Gasteiger partial charge on any atom is -0.357 e. The van der Waals surface area contributed by atoms with Crippen LogP contribution >= 0.6 is 0 Å². The summed E-state index contributed by atoms with van der Waals surface area (Å²) >= 11 is 0. The van der Waals surface area contributed by atoms with E-state index in [1.807, 2.05) is 18.7 Å².